The van der Waals surface area contributed by atoms with Gasteiger partial charge < -0.3 is 19.3 Å². The van der Waals surface area contributed by atoms with E-state index in [1.165, 1.54) is 0 Å². The highest BCUT2D eigenvalue weighted by Gasteiger charge is 2.10. The number of hydrogen-bond acceptors (Lipinski definition) is 6. The van der Waals surface area contributed by atoms with E-state index in [0.717, 1.165) is 11.3 Å². The number of methoxy groups -OCH3 is 1. The van der Waals surface area contributed by atoms with Crippen LogP contribution in [-0.4, -0.2) is 23.2 Å². The molecule has 7 heteroatoms. The summed E-state index contributed by atoms with van der Waals surface area (Å²) in [6.07, 6.45) is 0. The number of amides is 1. The first-order valence-corrected chi connectivity index (χ1v) is 9.27. The number of carbonyl (C=O) groups excluding carboxylic acids is 1. The third-order valence-electron chi connectivity index (χ3n) is 4.30. The molecule has 0 saturated carbocycles. The lowest BCUT2D eigenvalue weighted by atomic mass is 10.2. The lowest BCUT2D eigenvalue weighted by Gasteiger charge is -2.08. The normalized spacial score (nSPS) is 10.4. The molecule has 1 aromatic heterocycles. The van der Waals surface area contributed by atoms with Crippen molar-refractivity contribution in [3.8, 4) is 23.0 Å². The summed E-state index contributed by atoms with van der Waals surface area (Å²) in [5.74, 6) is 1.97. The maximum absolute atomic E-state index is 12.3. The second kappa shape index (κ2) is 8.91. The highest BCUT2D eigenvalue weighted by Crippen LogP contribution is 2.22. The predicted octanol–water partition coefficient (Wildman–Crippen LogP) is 4.58. The Kier molecular flexibility index (Phi) is 5.70. The van der Waals surface area contributed by atoms with Crippen LogP contribution in [-0.2, 0) is 6.61 Å². The Morgan fingerprint density at radius 2 is 1.77 bits per heavy atom. The maximum Gasteiger partial charge on any atom is 0.258 e. The molecule has 7 nitrogen and oxygen atoms in total. The van der Waals surface area contributed by atoms with E-state index in [1.54, 1.807) is 43.5 Å². The summed E-state index contributed by atoms with van der Waals surface area (Å²) in [4.78, 5) is 16.6. The van der Waals surface area contributed by atoms with Gasteiger partial charge in [0.15, 0.2) is 6.61 Å². The molecule has 0 unspecified atom stereocenters. The van der Waals surface area contributed by atoms with Crippen LogP contribution < -0.4 is 14.8 Å². The second-order valence-corrected chi connectivity index (χ2v) is 6.38. The SMILES string of the molecule is COc1ccc(-c2nc(COc3cccc(NC(=O)c4ccccc4)c3)no2)cc1. The van der Waals surface area contributed by atoms with Crippen LogP contribution in [0.5, 0.6) is 11.5 Å². The van der Waals surface area contributed by atoms with Crippen LogP contribution in [0.2, 0.25) is 0 Å². The molecule has 4 aromatic rings. The minimum atomic E-state index is -0.185. The zero-order chi connectivity index (χ0) is 20.8. The molecule has 0 saturated heterocycles. The quantitative estimate of drug-likeness (QED) is 0.488. The Labute approximate surface area is 173 Å². The number of nitrogens with zero attached hydrogens (tertiary/aromatic N) is 2. The van der Waals surface area contributed by atoms with Gasteiger partial charge in [0.2, 0.25) is 5.82 Å². The van der Waals surface area contributed by atoms with Gasteiger partial charge in [-0.05, 0) is 48.5 Å². The molecule has 3 aromatic carbocycles. The summed E-state index contributed by atoms with van der Waals surface area (Å²) < 4.78 is 16.2. The van der Waals surface area contributed by atoms with Crippen LogP contribution in [0.15, 0.2) is 83.4 Å². The molecule has 0 radical (unpaired) electrons. The van der Waals surface area contributed by atoms with Crippen molar-refractivity contribution in [3.05, 3.63) is 90.3 Å². The molecule has 0 aliphatic heterocycles. The molecule has 0 aliphatic carbocycles. The first-order valence-electron chi connectivity index (χ1n) is 9.27. The van der Waals surface area contributed by atoms with Crippen LogP contribution in [0.1, 0.15) is 16.2 Å². The fourth-order valence-electron chi connectivity index (χ4n) is 2.77. The van der Waals surface area contributed by atoms with Gasteiger partial charge in [-0.25, -0.2) is 0 Å². The molecule has 150 valence electrons. The van der Waals surface area contributed by atoms with Crippen LogP contribution in [0.4, 0.5) is 5.69 Å². The van der Waals surface area contributed by atoms with Gasteiger partial charge in [-0.2, -0.15) is 4.98 Å². The van der Waals surface area contributed by atoms with Crippen molar-refractivity contribution < 1.29 is 18.8 Å². The summed E-state index contributed by atoms with van der Waals surface area (Å²) in [7, 11) is 1.61. The molecule has 0 bridgehead atoms. The van der Waals surface area contributed by atoms with Crippen LogP contribution in [0.25, 0.3) is 11.5 Å². The van der Waals surface area contributed by atoms with Crippen LogP contribution in [0.3, 0.4) is 0 Å². The third kappa shape index (κ3) is 4.64. The second-order valence-electron chi connectivity index (χ2n) is 6.38. The Morgan fingerprint density at radius 3 is 2.53 bits per heavy atom. The Morgan fingerprint density at radius 1 is 0.967 bits per heavy atom. The summed E-state index contributed by atoms with van der Waals surface area (Å²) in [5, 5.41) is 6.80. The Hall–Kier alpha value is -4.13. The fourth-order valence-corrected chi connectivity index (χ4v) is 2.77. The van der Waals surface area contributed by atoms with E-state index in [-0.39, 0.29) is 12.5 Å². The minimum absolute atomic E-state index is 0.135. The highest BCUT2D eigenvalue weighted by atomic mass is 16.5. The van der Waals surface area contributed by atoms with Crippen LogP contribution in [0, 0.1) is 0 Å². The maximum atomic E-state index is 12.3. The molecule has 1 N–H and O–H groups in total. The van der Waals surface area contributed by atoms with E-state index in [0.29, 0.717) is 28.7 Å². The number of benzene rings is 3. The molecular weight excluding hydrogens is 382 g/mol. The largest absolute Gasteiger partial charge is 0.497 e. The van der Waals surface area contributed by atoms with Crippen molar-refractivity contribution in [3.63, 3.8) is 0 Å². The lowest BCUT2D eigenvalue weighted by Crippen LogP contribution is -2.11. The van der Waals surface area contributed by atoms with Gasteiger partial charge in [-0.15, -0.1) is 0 Å². The zero-order valence-electron chi connectivity index (χ0n) is 16.2. The van der Waals surface area contributed by atoms with Gasteiger partial charge in [-0.3, -0.25) is 4.79 Å². The molecule has 4 rings (SSSR count). The molecule has 0 spiro atoms. The summed E-state index contributed by atoms with van der Waals surface area (Å²) in [5.41, 5.74) is 2.01. The van der Waals surface area contributed by atoms with E-state index in [4.69, 9.17) is 14.0 Å². The van der Waals surface area contributed by atoms with E-state index < -0.39 is 0 Å². The van der Waals surface area contributed by atoms with Crippen molar-refractivity contribution in [2.24, 2.45) is 0 Å². The van der Waals surface area contributed by atoms with Crippen molar-refractivity contribution in [1.82, 2.24) is 10.1 Å². The highest BCUT2D eigenvalue weighted by molar-refractivity contribution is 6.04. The van der Waals surface area contributed by atoms with Gasteiger partial charge in [0.05, 0.1) is 7.11 Å². The monoisotopic (exact) mass is 401 g/mol. The number of aromatic nitrogens is 2. The molecule has 0 fully saturated rings. The summed E-state index contributed by atoms with van der Waals surface area (Å²) in [6, 6.07) is 23.5. The summed E-state index contributed by atoms with van der Waals surface area (Å²) in [6.45, 7) is 0.135. The number of nitrogens with one attached hydrogen (secondary N) is 1. The number of rotatable bonds is 7. The van der Waals surface area contributed by atoms with Crippen molar-refractivity contribution in [2.75, 3.05) is 12.4 Å². The molecule has 0 atom stereocenters. The average molecular weight is 401 g/mol. The van der Waals surface area contributed by atoms with E-state index >= 15 is 0 Å². The van der Waals surface area contributed by atoms with Crippen molar-refractivity contribution in [1.29, 1.82) is 0 Å². The lowest BCUT2D eigenvalue weighted by molar-refractivity contribution is 0.102. The number of ether oxygens (including phenoxy) is 2. The number of carbonyl (C=O) groups is 1. The van der Waals surface area contributed by atoms with Gasteiger partial charge >= 0.3 is 0 Å². The first kappa shape index (κ1) is 19.2. The topological polar surface area (TPSA) is 86.5 Å². The Balaban J connectivity index is 1.38. The fraction of sp³-hybridized carbons (Fsp3) is 0.0870. The third-order valence-corrected chi connectivity index (χ3v) is 4.30. The molecule has 0 aliphatic rings. The minimum Gasteiger partial charge on any atom is -0.497 e. The predicted molar refractivity (Wildman–Crippen MR) is 111 cm³/mol. The van der Waals surface area contributed by atoms with Crippen molar-refractivity contribution >= 4 is 11.6 Å². The van der Waals surface area contributed by atoms with Gasteiger partial charge in [-0.1, -0.05) is 29.4 Å². The zero-order valence-corrected chi connectivity index (χ0v) is 16.2. The molecule has 1 heterocycles. The Bertz CT molecular complexity index is 1120. The molecular formula is C23H19N3O4. The standard InChI is InChI=1S/C23H19N3O4/c1-28-19-12-10-17(11-13-19)23-25-21(26-30-23)15-29-20-9-5-8-18(14-20)24-22(27)16-6-3-2-4-7-16/h2-14H,15H2,1H3,(H,24,27). The van der Waals surface area contributed by atoms with E-state index in [1.807, 2.05) is 42.5 Å². The van der Waals surface area contributed by atoms with Gasteiger partial charge in [0.25, 0.3) is 11.8 Å². The van der Waals surface area contributed by atoms with Crippen LogP contribution >= 0.6 is 0 Å². The number of anilines is 1. The smallest absolute Gasteiger partial charge is 0.258 e. The molecule has 1 amide bonds. The van der Waals surface area contributed by atoms with E-state index in [9.17, 15) is 4.79 Å². The van der Waals surface area contributed by atoms with Gasteiger partial charge in [0.1, 0.15) is 11.5 Å². The molecule has 30 heavy (non-hydrogen) atoms. The average Bonchev–Trinajstić information content (AvgIpc) is 3.28. The number of hydrogen-bond donors (Lipinski definition) is 1. The first-order chi connectivity index (χ1) is 14.7. The van der Waals surface area contributed by atoms with Crippen molar-refractivity contribution in [2.45, 2.75) is 6.61 Å². The summed E-state index contributed by atoms with van der Waals surface area (Å²) >= 11 is 0. The van der Waals surface area contributed by atoms with E-state index in [2.05, 4.69) is 15.5 Å². The van der Waals surface area contributed by atoms with Gasteiger partial charge in [0, 0.05) is 22.9 Å².